The molecule has 6 nitrogen and oxygen atoms in total. The van der Waals surface area contributed by atoms with Crippen molar-refractivity contribution in [3.05, 3.63) is 18.0 Å². The topological polar surface area (TPSA) is 78.4 Å². The third-order valence-electron chi connectivity index (χ3n) is 5.90. The zero-order chi connectivity index (χ0) is 19.3. The van der Waals surface area contributed by atoms with Gasteiger partial charge in [-0.1, -0.05) is 20.8 Å². The first-order chi connectivity index (χ1) is 11.9. The van der Waals surface area contributed by atoms with Gasteiger partial charge < -0.3 is 15.3 Å². The van der Waals surface area contributed by atoms with Gasteiger partial charge in [0.1, 0.15) is 0 Å². The first-order valence-corrected chi connectivity index (χ1v) is 8.57. The van der Waals surface area contributed by atoms with Crippen molar-refractivity contribution in [2.75, 3.05) is 18.4 Å². The van der Waals surface area contributed by atoms with E-state index in [-0.39, 0.29) is 29.4 Å². The Morgan fingerprint density at radius 3 is 2.46 bits per heavy atom. The number of carboxylic acid groups (broad SMARTS) is 1. The van der Waals surface area contributed by atoms with Gasteiger partial charge in [-0.05, 0) is 29.6 Å². The van der Waals surface area contributed by atoms with Crippen LogP contribution in [0.1, 0.15) is 39.2 Å². The molecule has 2 fully saturated rings. The van der Waals surface area contributed by atoms with Crippen LogP contribution in [0.5, 0.6) is 0 Å². The lowest BCUT2D eigenvalue weighted by atomic mass is 9.73. The van der Waals surface area contributed by atoms with Gasteiger partial charge in [0.2, 0.25) is 5.95 Å². The van der Waals surface area contributed by atoms with Crippen molar-refractivity contribution >= 4 is 12.0 Å². The van der Waals surface area contributed by atoms with Crippen molar-refractivity contribution in [3.63, 3.8) is 0 Å². The van der Waals surface area contributed by atoms with Gasteiger partial charge in [-0.3, -0.25) is 0 Å². The molecule has 0 bridgehead atoms. The second kappa shape index (κ2) is 5.99. The maximum absolute atomic E-state index is 12.5. The molecule has 1 aliphatic carbocycles. The van der Waals surface area contributed by atoms with Crippen LogP contribution in [0.15, 0.2) is 12.4 Å². The standard InChI is InChI=1S/C17H23F3N4O2/c1-15(2,3)16-5-10(16)4-12(24(9-16)14(25)26)8-23-13-21-6-11(7-22-13)17(18,19)20/h6-7,10,12H,4-5,8-9H2,1-3H3,(H,25,26)(H,21,22,23)/t10-,12-,16+/m0/s1. The van der Waals surface area contributed by atoms with Gasteiger partial charge >= 0.3 is 12.3 Å². The fourth-order valence-electron chi connectivity index (χ4n) is 4.12. The summed E-state index contributed by atoms with van der Waals surface area (Å²) in [7, 11) is 0. The quantitative estimate of drug-likeness (QED) is 0.846. The molecule has 1 saturated carbocycles. The van der Waals surface area contributed by atoms with Crippen molar-refractivity contribution in [1.82, 2.24) is 14.9 Å². The average Bonchev–Trinajstić information content (AvgIpc) is 3.26. The molecule has 1 aliphatic heterocycles. The number of amides is 1. The number of hydrogen-bond donors (Lipinski definition) is 2. The Balaban J connectivity index is 1.66. The van der Waals surface area contributed by atoms with E-state index >= 15 is 0 Å². The third-order valence-corrected chi connectivity index (χ3v) is 5.90. The molecule has 1 saturated heterocycles. The Morgan fingerprint density at radius 1 is 1.35 bits per heavy atom. The Hall–Kier alpha value is -2.06. The molecule has 1 aromatic rings. The minimum absolute atomic E-state index is 0.0206. The molecule has 1 aromatic heterocycles. The molecular weight excluding hydrogens is 349 g/mol. The average molecular weight is 372 g/mol. The minimum Gasteiger partial charge on any atom is -0.465 e. The number of fused-ring (bicyclic) bond motifs is 1. The smallest absolute Gasteiger partial charge is 0.419 e. The highest BCUT2D eigenvalue weighted by Crippen LogP contribution is 2.67. The highest BCUT2D eigenvalue weighted by Gasteiger charge is 2.64. The maximum Gasteiger partial charge on any atom is 0.419 e. The summed E-state index contributed by atoms with van der Waals surface area (Å²) < 4.78 is 37.6. The highest BCUT2D eigenvalue weighted by atomic mass is 19.4. The molecule has 26 heavy (non-hydrogen) atoms. The van der Waals surface area contributed by atoms with E-state index in [4.69, 9.17) is 0 Å². The summed E-state index contributed by atoms with van der Waals surface area (Å²) in [6, 6.07) is -0.249. The van der Waals surface area contributed by atoms with E-state index < -0.39 is 17.8 Å². The maximum atomic E-state index is 12.5. The molecule has 0 unspecified atom stereocenters. The molecule has 9 heteroatoms. The summed E-state index contributed by atoms with van der Waals surface area (Å²) in [5.41, 5.74) is -0.867. The number of aromatic nitrogens is 2. The summed E-state index contributed by atoms with van der Waals surface area (Å²) in [6.45, 7) is 7.18. The summed E-state index contributed by atoms with van der Waals surface area (Å²) in [5.74, 6) is 0.533. The van der Waals surface area contributed by atoms with Crippen molar-refractivity contribution < 1.29 is 23.1 Å². The Kier molecular flexibility index (Phi) is 4.31. The number of carbonyl (C=O) groups is 1. The van der Waals surface area contributed by atoms with Gasteiger partial charge in [-0.25, -0.2) is 14.8 Å². The number of likely N-dealkylation sites (tertiary alicyclic amines) is 1. The van der Waals surface area contributed by atoms with Crippen molar-refractivity contribution in [2.24, 2.45) is 16.7 Å². The zero-order valence-corrected chi connectivity index (χ0v) is 15.0. The highest BCUT2D eigenvalue weighted by molar-refractivity contribution is 5.66. The summed E-state index contributed by atoms with van der Waals surface area (Å²) in [4.78, 5) is 20.5. The number of halogens is 3. The lowest BCUT2D eigenvalue weighted by Gasteiger charge is -2.43. The van der Waals surface area contributed by atoms with Crippen LogP contribution in [0.3, 0.4) is 0 Å². The largest absolute Gasteiger partial charge is 0.465 e. The summed E-state index contributed by atoms with van der Waals surface area (Å²) in [6.07, 6.45) is -2.28. The molecule has 0 spiro atoms. The number of nitrogens with zero attached hydrogens (tertiary/aromatic N) is 3. The SMILES string of the molecule is CC(C)(C)[C@@]12C[C@@H]1C[C@@H](CNc1ncc(C(F)(F)F)cn1)N(C(=O)O)C2. The van der Waals surface area contributed by atoms with Crippen LogP contribution >= 0.6 is 0 Å². The normalized spacial score (nSPS) is 28.5. The van der Waals surface area contributed by atoms with Crippen LogP contribution in [0.2, 0.25) is 0 Å². The van der Waals surface area contributed by atoms with E-state index in [2.05, 4.69) is 36.1 Å². The molecule has 2 aliphatic rings. The monoisotopic (exact) mass is 372 g/mol. The predicted molar refractivity (Wildman–Crippen MR) is 88.7 cm³/mol. The van der Waals surface area contributed by atoms with Crippen LogP contribution in [-0.4, -0.2) is 45.2 Å². The first-order valence-electron chi connectivity index (χ1n) is 8.57. The number of piperidine rings is 1. The van der Waals surface area contributed by atoms with E-state index in [0.717, 1.165) is 25.2 Å². The number of alkyl halides is 3. The number of nitrogens with one attached hydrogen (secondary N) is 1. The minimum atomic E-state index is -4.48. The van der Waals surface area contributed by atoms with Gasteiger partial charge in [0.15, 0.2) is 0 Å². The van der Waals surface area contributed by atoms with E-state index in [1.165, 1.54) is 4.90 Å². The fourth-order valence-corrected chi connectivity index (χ4v) is 4.12. The van der Waals surface area contributed by atoms with Crippen LogP contribution in [-0.2, 0) is 6.18 Å². The lowest BCUT2D eigenvalue weighted by Crippen LogP contribution is -2.52. The third kappa shape index (κ3) is 3.31. The van der Waals surface area contributed by atoms with Gasteiger partial charge in [0.25, 0.3) is 0 Å². The second-order valence-electron chi connectivity index (χ2n) is 8.28. The van der Waals surface area contributed by atoms with Crippen LogP contribution in [0.25, 0.3) is 0 Å². The molecule has 2 N–H and O–H groups in total. The zero-order valence-electron chi connectivity index (χ0n) is 15.0. The van der Waals surface area contributed by atoms with Crippen LogP contribution in [0.4, 0.5) is 23.9 Å². The van der Waals surface area contributed by atoms with E-state index in [9.17, 15) is 23.1 Å². The van der Waals surface area contributed by atoms with Gasteiger partial charge in [-0.2, -0.15) is 13.2 Å². The van der Waals surface area contributed by atoms with Crippen molar-refractivity contribution in [1.29, 1.82) is 0 Å². The second-order valence-corrected chi connectivity index (χ2v) is 8.28. The molecule has 2 heterocycles. The van der Waals surface area contributed by atoms with E-state index in [1.807, 2.05) is 0 Å². The van der Waals surface area contributed by atoms with Gasteiger partial charge in [0, 0.05) is 25.5 Å². The number of rotatable bonds is 3. The summed E-state index contributed by atoms with van der Waals surface area (Å²) >= 11 is 0. The van der Waals surface area contributed by atoms with Crippen molar-refractivity contribution in [3.8, 4) is 0 Å². The number of hydrogen-bond acceptors (Lipinski definition) is 4. The molecule has 144 valence electrons. The lowest BCUT2D eigenvalue weighted by molar-refractivity contribution is -0.138. The predicted octanol–water partition coefficient (Wildman–Crippen LogP) is 3.71. The molecule has 3 atom stereocenters. The summed E-state index contributed by atoms with van der Waals surface area (Å²) in [5, 5.41) is 12.5. The number of anilines is 1. The van der Waals surface area contributed by atoms with E-state index in [0.29, 0.717) is 12.5 Å². The van der Waals surface area contributed by atoms with E-state index in [1.54, 1.807) is 0 Å². The van der Waals surface area contributed by atoms with Crippen LogP contribution in [0, 0.1) is 16.7 Å². The molecular formula is C17H23F3N4O2. The molecule has 3 rings (SSSR count). The van der Waals surface area contributed by atoms with Gasteiger partial charge in [0.05, 0.1) is 11.6 Å². The Morgan fingerprint density at radius 2 is 1.96 bits per heavy atom. The van der Waals surface area contributed by atoms with Crippen molar-refractivity contribution in [2.45, 2.75) is 45.8 Å². The molecule has 0 aromatic carbocycles. The Labute approximate surface area is 149 Å². The first kappa shape index (κ1) is 18.7. The van der Waals surface area contributed by atoms with Crippen LogP contribution < -0.4 is 5.32 Å². The Bertz CT molecular complexity index is 687. The molecule has 1 amide bonds. The van der Waals surface area contributed by atoms with Gasteiger partial charge in [-0.15, -0.1) is 0 Å². The fraction of sp³-hybridized carbons (Fsp3) is 0.706. The molecule has 0 radical (unpaired) electrons.